The van der Waals surface area contributed by atoms with E-state index in [2.05, 4.69) is 5.32 Å². The van der Waals surface area contributed by atoms with Gasteiger partial charge in [0.2, 0.25) is 0 Å². The van der Waals surface area contributed by atoms with Crippen LogP contribution in [-0.4, -0.2) is 28.9 Å². The Kier molecular flexibility index (Phi) is 5.65. The number of amides is 1. The molecule has 4 nitrogen and oxygen atoms in total. The van der Waals surface area contributed by atoms with Gasteiger partial charge in [0, 0.05) is 6.04 Å². The van der Waals surface area contributed by atoms with E-state index in [9.17, 15) is 9.90 Å². The molecule has 0 aliphatic rings. The van der Waals surface area contributed by atoms with Crippen LogP contribution in [0.5, 0.6) is 0 Å². The van der Waals surface area contributed by atoms with Gasteiger partial charge in [0.15, 0.2) is 0 Å². The fourth-order valence-corrected chi connectivity index (χ4v) is 1.21. The van der Waals surface area contributed by atoms with E-state index in [0.717, 1.165) is 6.42 Å². The maximum absolute atomic E-state index is 11.4. The number of nitrogens with one attached hydrogen (secondary N) is 1. The number of hydrogen-bond acceptors (Lipinski definition) is 3. The lowest BCUT2D eigenvalue weighted by Crippen LogP contribution is -2.40. The van der Waals surface area contributed by atoms with E-state index in [1.807, 2.05) is 27.7 Å². The third-order valence-corrected chi connectivity index (χ3v) is 1.84. The first-order valence-corrected chi connectivity index (χ1v) is 5.42. The van der Waals surface area contributed by atoms with Crippen LogP contribution in [0.25, 0.3) is 0 Å². The average Bonchev–Trinajstić information content (AvgIpc) is 1.98. The SMILES string of the molecule is CC[C@H](C[C@@H](C)O)NC(=O)OC(C)(C)C. The number of carbonyl (C=O) groups excluding carboxylic acids is 1. The molecule has 0 rings (SSSR count). The maximum Gasteiger partial charge on any atom is 0.407 e. The molecule has 2 N–H and O–H groups in total. The van der Waals surface area contributed by atoms with Crippen molar-refractivity contribution in [1.82, 2.24) is 5.32 Å². The number of aliphatic hydroxyl groups excluding tert-OH is 1. The number of carbonyl (C=O) groups is 1. The number of aliphatic hydroxyl groups is 1. The van der Waals surface area contributed by atoms with Crippen molar-refractivity contribution in [2.45, 2.75) is 65.2 Å². The second-order valence-corrected chi connectivity index (χ2v) is 4.84. The van der Waals surface area contributed by atoms with Crippen molar-refractivity contribution in [2.75, 3.05) is 0 Å². The molecule has 2 atom stereocenters. The molecule has 0 saturated carbocycles. The second kappa shape index (κ2) is 5.95. The van der Waals surface area contributed by atoms with Crippen LogP contribution in [-0.2, 0) is 4.74 Å². The molecular weight excluding hydrogens is 194 g/mol. The van der Waals surface area contributed by atoms with Crippen molar-refractivity contribution in [3.05, 3.63) is 0 Å². The van der Waals surface area contributed by atoms with Gasteiger partial charge >= 0.3 is 6.09 Å². The van der Waals surface area contributed by atoms with Crippen LogP contribution in [0.3, 0.4) is 0 Å². The van der Waals surface area contributed by atoms with Crippen LogP contribution in [0, 0.1) is 0 Å². The van der Waals surface area contributed by atoms with Crippen molar-refractivity contribution >= 4 is 6.09 Å². The Hall–Kier alpha value is -0.770. The summed E-state index contributed by atoms with van der Waals surface area (Å²) >= 11 is 0. The summed E-state index contributed by atoms with van der Waals surface area (Å²) in [5.74, 6) is 0. The molecule has 0 aliphatic heterocycles. The highest BCUT2D eigenvalue weighted by Crippen LogP contribution is 2.08. The van der Waals surface area contributed by atoms with Gasteiger partial charge in [-0.05, 0) is 40.5 Å². The van der Waals surface area contributed by atoms with E-state index in [4.69, 9.17) is 4.74 Å². The van der Waals surface area contributed by atoms with Crippen LogP contribution >= 0.6 is 0 Å². The lowest BCUT2D eigenvalue weighted by Gasteiger charge is -2.23. The van der Waals surface area contributed by atoms with Gasteiger partial charge in [0.05, 0.1) is 6.10 Å². The summed E-state index contributed by atoms with van der Waals surface area (Å²) in [4.78, 5) is 11.4. The third-order valence-electron chi connectivity index (χ3n) is 1.84. The van der Waals surface area contributed by atoms with Crippen LogP contribution in [0.4, 0.5) is 4.79 Å². The molecule has 0 bridgehead atoms. The molecule has 0 fully saturated rings. The molecule has 0 saturated heterocycles. The van der Waals surface area contributed by atoms with Gasteiger partial charge in [-0.25, -0.2) is 4.79 Å². The van der Waals surface area contributed by atoms with E-state index >= 15 is 0 Å². The third kappa shape index (κ3) is 8.24. The quantitative estimate of drug-likeness (QED) is 0.757. The van der Waals surface area contributed by atoms with E-state index in [0.29, 0.717) is 6.42 Å². The molecule has 1 amide bonds. The molecule has 15 heavy (non-hydrogen) atoms. The van der Waals surface area contributed by atoms with Crippen molar-refractivity contribution in [3.63, 3.8) is 0 Å². The molecule has 90 valence electrons. The summed E-state index contributed by atoms with van der Waals surface area (Å²) < 4.78 is 5.12. The summed E-state index contributed by atoms with van der Waals surface area (Å²) in [5.41, 5.74) is -0.479. The summed E-state index contributed by atoms with van der Waals surface area (Å²) in [6.07, 6.45) is 0.500. The molecule has 0 aliphatic carbocycles. The van der Waals surface area contributed by atoms with Crippen LogP contribution < -0.4 is 5.32 Å². The summed E-state index contributed by atoms with van der Waals surface area (Å²) in [6.45, 7) is 9.14. The zero-order valence-electron chi connectivity index (χ0n) is 10.3. The summed E-state index contributed by atoms with van der Waals surface area (Å²) in [5, 5.41) is 11.9. The van der Waals surface area contributed by atoms with Crippen molar-refractivity contribution in [3.8, 4) is 0 Å². The van der Waals surface area contributed by atoms with Gasteiger partial charge in [-0.2, -0.15) is 0 Å². The first-order valence-electron chi connectivity index (χ1n) is 5.42. The highest BCUT2D eigenvalue weighted by molar-refractivity contribution is 5.68. The number of rotatable bonds is 4. The van der Waals surface area contributed by atoms with Crippen molar-refractivity contribution in [1.29, 1.82) is 0 Å². The van der Waals surface area contributed by atoms with Gasteiger partial charge in [-0.15, -0.1) is 0 Å². The zero-order valence-corrected chi connectivity index (χ0v) is 10.3. The Balaban J connectivity index is 4.02. The fourth-order valence-electron chi connectivity index (χ4n) is 1.21. The topological polar surface area (TPSA) is 58.6 Å². The van der Waals surface area contributed by atoms with Gasteiger partial charge in [0.25, 0.3) is 0 Å². The largest absolute Gasteiger partial charge is 0.444 e. The van der Waals surface area contributed by atoms with Gasteiger partial charge in [-0.3, -0.25) is 0 Å². The molecule has 0 radical (unpaired) electrons. The van der Waals surface area contributed by atoms with Gasteiger partial charge in [-0.1, -0.05) is 6.92 Å². The lowest BCUT2D eigenvalue weighted by atomic mass is 10.1. The first-order chi connectivity index (χ1) is 6.74. The van der Waals surface area contributed by atoms with Crippen LogP contribution in [0.1, 0.15) is 47.5 Å². The number of ether oxygens (including phenoxy) is 1. The zero-order chi connectivity index (χ0) is 12.1. The van der Waals surface area contributed by atoms with E-state index in [1.54, 1.807) is 6.92 Å². The Morgan fingerprint density at radius 1 is 1.47 bits per heavy atom. The normalized spacial score (nSPS) is 15.6. The molecular formula is C11H23NO3. The van der Waals surface area contributed by atoms with Crippen molar-refractivity contribution < 1.29 is 14.6 Å². The summed E-state index contributed by atoms with van der Waals surface area (Å²) in [6, 6.07) is -0.0279. The molecule has 0 spiro atoms. The molecule has 4 heteroatoms. The lowest BCUT2D eigenvalue weighted by molar-refractivity contribution is 0.0485. The van der Waals surface area contributed by atoms with E-state index in [-0.39, 0.29) is 6.04 Å². The smallest absolute Gasteiger partial charge is 0.407 e. The minimum Gasteiger partial charge on any atom is -0.444 e. The number of alkyl carbamates (subject to hydrolysis) is 1. The maximum atomic E-state index is 11.4. The standard InChI is InChI=1S/C11H23NO3/c1-6-9(7-8(2)13)12-10(14)15-11(3,4)5/h8-9,13H,6-7H2,1-5H3,(H,12,14)/t8-,9-/m1/s1. The molecule has 0 aromatic rings. The Morgan fingerprint density at radius 3 is 2.33 bits per heavy atom. The first kappa shape index (κ1) is 14.2. The Bertz CT molecular complexity index is 196. The van der Waals surface area contributed by atoms with Gasteiger partial charge < -0.3 is 15.2 Å². The van der Waals surface area contributed by atoms with Gasteiger partial charge in [0.1, 0.15) is 5.60 Å². The highest BCUT2D eigenvalue weighted by atomic mass is 16.6. The fraction of sp³-hybridized carbons (Fsp3) is 0.909. The molecule has 0 unspecified atom stereocenters. The minimum atomic E-state index is -0.479. The Labute approximate surface area is 92.0 Å². The summed E-state index contributed by atoms with van der Waals surface area (Å²) in [7, 11) is 0. The minimum absolute atomic E-state index is 0.0279. The monoisotopic (exact) mass is 217 g/mol. The predicted octanol–water partition coefficient (Wildman–Crippen LogP) is 2.06. The highest BCUT2D eigenvalue weighted by Gasteiger charge is 2.19. The second-order valence-electron chi connectivity index (χ2n) is 4.84. The molecule has 0 aromatic heterocycles. The molecule has 0 aromatic carbocycles. The number of hydrogen-bond donors (Lipinski definition) is 2. The van der Waals surface area contributed by atoms with Crippen LogP contribution in [0.2, 0.25) is 0 Å². The molecule has 0 heterocycles. The Morgan fingerprint density at radius 2 is 2.00 bits per heavy atom. The van der Waals surface area contributed by atoms with E-state index in [1.165, 1.54) is 0 Å². The van der Waals surface area contributed by atoms with Crippen molar-refractivity contribution in [2.24, 2.45) is 0 Å². The average molecular weight is 217 g/mol. The predicted molar refractivity (Wildman–Crippen MR) is 59.7 cm³/mol. The van der Waals surface area contributed by atoms with E-state index < -0.39 is 17.8 Å². The van der Waals surface area contributed by atoms with Crippen LogP contribution in [0.15, 0.2) is 0 Å².